The van der Waals surface area contributed by atoms with Gasteiger partial charge in [-0.3, -0.25) is 0 Å². The van der Waals surface area contributed by atoms with Crippen LogP contribution in [0.1, 0.15) is 11.5 Å². The van der Waals surface area contributed by atoms with Gasteiger partial charge in [0.1, 0.15) is 11.6 Å². The van der Waals surface area contributed by atoms with E-state index in [-0.39, 0.29) is 27.1 Å². The van der Waals surface area contributed by atoms with Gasteiger partial charge in [-0.1, -0.05) is 41.1 Å². The minimum atomic E-state index is -4.67. The van der Waals surface area contributed by atoms with Crippen LogP contribution < -0.4 is 0 Å². The van der Waals surface area contributed by atoms with Crippen LogP contribution in [0.15, 0.2) is 78.0 Å². The van der Waals surface area contributed by atoms with E-state index >= 15 is 0 Å². The van der Waals surface area contributed by atoms with Gasteiger partial charge in [0.25, 0.3) is 0 Å². The van der Waals surface area contributed by atoms with Gasteiger partial charge < -0.3 is 4.57 Å². The number of hydrogen-bond acceptors (Lipinski definition) is 5. The molecule has 3 aromatic carbocycles. The van der Waals surface area contributed by atoms with Crippen LogP contribution in [0.4, 0.5) is 17.6 Å². The standard InChI is InChI=1S/C26H18ClF4N5O2S/c1-15-33-25(26(29,30)31)14-35(15)22-9-7-17(16-4-3-5-19(10-16)39(2,37)38)12-23(22)36-24(13-32-34-36)18-6-8-20(27)21(28)11-18/h3-14H,1-2H3. The van der Waals surface area contributed by atoms with E-state index in [9.17, 15) is 26.0 Å². The highest BCUT2D eigenvalue weighted by Crippen LogP contribution is 2.34. The van der Waals surface area contributed by atoms with Gasteiger partial charge >= 0.3 is 6.18 Å². The quantitative estimate of drug-likeness (QED) is 0.229. The lowest BCUT2D eigenvalue weighted by Crippen LogP contribution is -2.08. The number of alkyl halides is 3. The third-order valence-corrected chi connectivity index (χ3v) is 7.41. The van der Waals surface area contributed by atoms with Crippen molar-refractivity contribution in [1.29, 1.82) is 0 Å². The molecule has 0 N–H and O–H groups in total. The van der Waals surface area contributed by atoms with Gasteiger partial charge in [-0.25, -0.2) is 22.5 Å². The Hall–Kier alpha value is -4.03. The van der Waals surface area contributed by atoms with Gasteiger partial charge in [-0.05, 0) is 54.4 Å². The fourth-order valence-electron chi connectivity index (χ4n) is 4.10. The van der Waals surface area contributed by atoms with Gasteiger partial charge in [0, 0.05) is 18.0 Å². The first-order valence-electron chi connectivity index (χ1n) is 11.3. The number of rotatable bonds is 5. The molecule has 0 radical (unpaired) electrons. The third-order valence-electron chi connectivity index (χ3n) is 6.00. The molecule has 200 valence electrons. The van der Waals surface area contributed by atoms with E-state index in [0.717, 1.165) is 12.5 Å². The van der Waals surface area contributed by atoms with Crippen molar-refractivity contribution in [2.75, 3.05) is 6.26 Å². The Labute approximate surface area is 225 Å². The Bertz CT molecular complexity index is 1830. The molecule has 0 saturated heterocycles. The molecular weight excluding hydrogens is 558 g/mol. The number of benzene rings is 3. The normalized spacial score (nSPS) is 12.2. The SMILES string of the molecule is Cc1nc(C(F)(F)F)cn1-c1ccc(-c2cccc(S(C)(=O)=O)c2)cc1-n1nncc1-c1ccc(Cl)c(F)c1. The predicted molar refractivity (Wildman–Crippen MR) is 137 cm³/mol. The average Bonchev–Trinajstić information content (AvgIpc) is 3.52. The fraction of sp³-hybridized carbons (Fsp3) is 0.115. The van der Waals surface area contributed by atoms with Crippen molar-refractivity contribution in [1.82, 2.24) is 24.5 Å². The zero-order valence-corrected chi connectivity index (χ0v) is 21.9. The number of aromatic nitrogens is 5. The topological polar surface area (TPSA) is 82.7 Å². The van der Waals surface area contributed by atoms with Crippen molar-refractivity contribution in [2.24, 2.45) is 0 Å². The largest absolute Gasteiger partial charge is 0.434 e. The van der Waals surface area contributed by atoms with E-state index in [0.29, 0.717) is 22.4 Å². The number of halogens is 5. The second kappa shape index (κ2) is 9.62. The molecule has 0 saturated carbocycles. The highest BCUT2D eigenvalue weighted by molar-refractivity contribution is 7.90. The molecule has 0 unspecified atom stereocenters. The van der Waals surface area contributed by atoms with Crippen LogP contribution in [0.25, 0.3) is 33.8 Å². The molecule has 0 fully saturated rings. The van der Waals surface area contributed by atoms with E-state index in [4.69, 9.17) is 11.6 Å². The Morgan fingerprint density at radius 2 is 1.64 bits per heavy atom. The summed E-state index contributed by atoms with van der Waals surface area (Å²) in [5, 5.41) is 8.00. The van der Waals surface area contributed by atoms with Gasteiger partial charge in [-0.2, -0.15) is 13.2 Å². The summed E-state index contributed by atoms with van der Waals surface area (Å²) in [5.41, 5.74) is 1.29. The molecule has 5 rings (SSSR count). The molecule has 0 aliphatic heterocycles. The molecule has 7 nitrogen and oxygen atoms in total. The van der Waals surface area contributed by atoms with Crippen LogP contribution in [0.3, 0.4) is 0 Å². The molecule has 5 aromatic rings. The van der Waals surface area contributed by atoms with Gasteiger partial charge in [0.15, 0.2) is 15.5 Å². The molecule has 0 bridgehead atoms. The summed E-state index contributed by atoms with van der Waals surface area (Å²) in [5.74, 6) is -0.608. The number of hydrogen-bond donors (Lipinski definition) is 0. The lowest BCUT2D eigenvalue weighted by Gasteiger charge is -2.16. The Kier molecular flexibility index (Phi) is 6.55. The molecule has 0 atom stereocenters. The molecule has 13 heteroatoms. The third kappa shape index (κ3) is 5.17. The van der Waals surface area contributed by atoms with Crippen molar-refractivity contribution in [3.8, 4) is 33.8 Å². The molecule has 39 heavy (non-hydrogen) atoms. The van der Waals surface area contributed by atoms with E-state index in [1.807, 2.05) is 0 Å². The van der Waals surface area contributed by atoms with Gasteiger partial charge in [0.2, 0.25) is 0 Å². The van der Waals surface area contributed by atoms with E-state index in [1.165, 1.54) is 46.6 Å². The number of nitrogens with zero attached hydrogens (tertiary/aromatic N) is 5. The first-order chi connectivity index (χ1) is 18.3. The average molecular weight is 576 g/mol. The van der Waals surface area contributed by atoms with Crippen LogP contribution in [-0.4, -0.2) is 39.2 Å². The highest BCUT2D eigenvalue weighted by atomic mass is 35.5. The number of aryl methyl sites for hydroxylation is 1. The van der Waals surface area contributed by atoms with Gasteiger partial charge in [0.05, 0.1) is 33.2 Å². The molecule has 2 aromatic heterocycles. The summed E-state index contributed by atoms with van der Waals surface area (Å²) in [4.78, 5) is 3.76. The summed E-state index contributed by atoms with van der Waals surface area (Å²) < 4.78 is 81.5. The lowest BCUT2D eigenvalue weighted by molar-refractivity contribution is -0.141. The Balaban J connectivity index is 1.75. The molecule has 0 aliphatic carbocycles. The second-order valence-electron chi connectivity index (χ2n) is 8.70. The molecule has 0 aliphatic rings. The maximum absolute atomic E-state index is 14.3. The minimum absolute atomic E-state index is 0.0644. The summed E-state index contributed by atoms with van der Waals surface area (Å²) >= 11 is 5.84. The molecule has 2 heterocycles. The van der Waals surface area contributed by atoms with Crippen molar-refractivity contribution in [2.45, 2.75) is 18.0 Å². The maximum Gasteiger partial charge on any atom is 0.434 e. The summed E-state index contributed by atoms with van der Waals surface area (Å²) in [6, 6.07) is 15.2. The van der Waals surface area contributed by atoms with Crippen LogP contribution in [0, 0.1) is 12.7 Å². The first-order valence-corrected chi connectivity index (χ1v) is 13.5. The van der Waals surface area contributed by atoms with Crippen LogP contribution in [0.5, 0.6) is 0 Å². The lowest BCUT2D eigenvalue weighted by atomic mass is 10.0. The summed E-state index contributed by atoms with van der Waals surface area (Å²) in [7, 11) is -3.50. The molecular formula is C26H18ClF4N5O2S. The molecule has 0 spiro atoms. The highest BCUT2D eigenvalue weighted by Gasteiger charge is 2.34. The van der Waals surface area contributed by atoms with Crippen LogP contribution in [-0.2, 0) is 16.0 Å². The Morgan fingerprint density at radius 1 is 0.923 bits per heavy atom. The van der Waals surface area contributed by atoms with E-state index in [1.54, 1.807) is 36.4 Å². The second-order valence-corrected chi connectivity index (χ2v) is 11.1. The van der Waals surface area contributed by atoms with E-state index < -0.39 is 27.5 Å². The van der Waals surface area contributed by atoms with Crippen molar-refractivity contribution in [3.63, 3.8) is 0 Å². The van der Waals surface area contributed by atoms with Crippen molar-refractivity contribution >= 4 is 21.4 Å². The first kappa shape index (κ1) is 26.6. The molecule has 0 amide bonds. The van der Waals surface area contributed by atoms with Crippen molar-refractivity contribution in [3.05, 3.63) is 95.4 Å². The van der Waals surface area contributed by atoms with Crippen LogP contribution >= 0.6 is 11.6 Å². The van der Waals surface area contributed by atoms with Gasteiger partial charge in [-0.15, -0.1) is 5.10 Å². The van der Waals surface area contributed by atoms with E-state index in [2.05, 4.69) is 15.3 Å². The summed E-state index contributed by atoms with van der Waals surface area (Å²) in [6.07, 6.45) is -1.32. The van der Waals surface area contributed by atoms with Crippen molar-refractivity contribution < 1.29 is 26.0 Å². The maximum atomic E-state index is 14.3. The smallest absolute Gasteiger partial charge is 0.301 e. The zero-order chi connectivity index (χ0) is 28.1. The predicted octanol–water partition coefficient (Wildman–Crippen LogP) is 6.31. The van der Waals surface area contributed by atoms with Crippen LogP contribution in [0.2, 0.25) is 5.02 Å². The number of sulfone groups is 1. The minimum Gasteiger partial charge on any atom is -0.301 e. The Morgan fingerprint density at radius 3 is 2.31 bits per heavy atom. The zero-order valence-electron chi connectivity index (χ0n) is 20.3. The summed E-state index contributed by atoms with van der Waals surface area (Å²) in [6.45, 7) is 1.43. The monoisotopic (exact) mass is 575 g/mol. The number of imidazole rings is 1. The fourth-order valence-corrected chi connectivity index (χ4v) is 4.89.